The van der Waals surface area contributed by atoms with Gasteiger partial charge in [0, 0.05) is 6.20 Å². The van der Waals surface area contributed by atoms with Crippen molar-refractivity contribution in [3.05, 3.63) is 30.6 Å². The lowest BCUT2D eigenvalue weighted by molar-refractivity contribution is 0.0927. The third-order valence-corrected chi connectivity index (χ3v) is 1.84. The molecule has 5 nitrogen and oxygen atoms in total. The Morgan fingerprint density at radius 2 is 2.33 bits per heavy atom. The smallest absolute Gasteiger partial charge is 0.167 e. The molecule has 0 aliphatic heterocycles. The monoisotopic (exact) mass is 205 g/mol. The Morgan fingerprint density at radius 1 is 1.47 bits per heavy atom. The zero-order valence-corrected chi connectivity index (χ0v) is 8.29. The molecule has 0 aromatic carbocycles. The van der Waals surface area contributed by atoms with Crippen LogP contribution in [0.25, 0.3) is 11.4 Å². The lowest BCUT2D eigenvalue weighted by Gasteiger charge is -1.98. The van der Waals surface area contributed by atoms with Gasteiger partial charge >= 0.3 is 0 Å². The van der Waals surface area contributed by atoms with Crippen molar-refractivity contribution in [2.75, 3.05) is 6.61 Å². The van der Waals surface area contributed by atoms with E-state index in [1.807, 2.05) is 13.0 Å². The molecule has 15 heavy (non-hydrogen) atoms. The highest BCUT2D eigenvalue weighted by Crippen LogP contribution is 2.24. The molecular formula is C10H11N3O2. The Hall–Kier alpha value is -2.04. The first-order valence-corrected chi connectivity index (χ1v) is 4.64. The minimum Gasteiger partial charge on any atom is -0.504 e. The van der Waals surface area contributed by atoms with Gasteiger partial charge in [-0.25, -0.2) is 0 Å². The van der Waals surface area contributed by atoms with Crippen molar-refractivity contribution in [3.8, 4) is 17.1 Å². The van der Waals surface area contributed by atoms with Crippen LogP contribution in [0.15, 0.2) is 30.6 Å². The van der Waals surface area contributed by atoms with Gasteiger partial charge in [0.2, 0.25) is 0 Å². The number of aromatic hydroxyl groups is 1. The molecule has 0 amide bonds. The molecule has 0 bridgehead atoms. The summed E-state index contributed by atoms with van der Waals surface area (Å²) >= 11 is 0. The zero-order chi connectivity index (χ0) is 10.7. The number of aromatic nitrogens is 3. The van der Waals surface area contributed by atoms with Crippen molar-refractivity contribution in [2.24, 2.45) is 0 Å². The van der Waals surface area contributed by atoms with E-state index in [0.717, 1.165) is 0 Å². The zero-order valence-electron chi connectivity index (χ0n) is 8.29. The van der Waals surface area contributed by atoms with Crippen molar-refractivity contribution < 1.29 is 9.94 Å². The second kappa shape index (κ2) is 4.00. The van der Waals surface area contributed by atoms with Crippen LogP contribution in [0.2, 0.25) is 0 Å². The Morgan fingerprint density at radius 3 is 3.00 bits per heavy atom. The molecule has 0 atom stereocenters. The fourth-order valence-electron chi connectivity index (χ4n) is 1.23. The fourth-order valence-corrected chi connectivity index (χ4v) is 1.23. The maximum atomic E-state index is 9.61. The Balaban J connectivity index is 2.36. The minimum absolute atomic E-state index is 0.0575. The van der Waals surface area contributed by atoms with Gasteiger partial charge in [-0.05, 0) is 19.1 Å². The Bertz CT molecular complexity index is 439. The molecular weight excluding hydrogens is 194 g/mol. The third kappa shape index (κ3) is 1.90. The molecule has 0 radical (unpaired) electrons. The van der Waals surface area contributed by atoms with E-state index in [1.54, 1.807) is 18.3 Å². The topological polar surface area (TPSA) is 60.2 Å². The average Bonchev–Trinajstić information content (AvgIpc) is 2.61. The molecule has 0 unspecified atom stereocenters. The predicted octanol–water partition coefficient (Wildman–Crippen LogP) is 1.10. The molecule has 2 aromatic rings. The molecule has 0 saturated carbocycles. The van der Waals surface area contributed by atoms with Crippen LogP contribution in [-0.2, 0) is 0 Å². The van der Waals surface area contributed by atoms with E-state index in [4.69, 9.17) is 4.84 Å². The van der Waals surface area contributed by atoms with E-state index >= 15 is 0 Å². The highest BCUT2D eigenvalue weighted by molar-refractivity contribution is 5.60. The molecule has 78 valence electrons. The summed E-state index contributed by atoms with van der Waals surface area (Å²) in [5.74, 6) is 0.0575. The molecule has 0 fully saturated rings. The van der Waals surface area contributed by atoms with Crippen LogP contribution in [0.5, 0.6) is 5.75 Å². The Labute approximate surface area is 86.9 Å². The van der Waals surface area contributed by atoms with E-state index in [2.05, 4.69) is 10.1 Å². The first kappa shape index (κ1) is 9.51. The minimum atomic E-state index is 0.0575. The quantitative estimate of drug-likeness (QED) is 0.815. The van der Waals surface area contributed by atoms with Crippen LogP contribution in [0.4, 0.5) is 0 Å². The summed E-state index contributed by atoms with van der Waals surface area (Å²) in [4.78, 5) is 10.4. The first-order chi connectivity index (χ1) is 7.31. The van der Waals surface area contributed by atoms with Crippen molar-refractivity contribution >= 4 is 0 Å². The number of rotatable bonds is 3. The summed E-state index contributed by atoms with van der Waals surface area (Å²) in [5.41, 5.74) is 1.04. The van der Waals surface area contributed by atoms with Crippen LogP contribution in [0.3, 0.4) is 0 Å². The molecule has 2 heterocycles. The molecule has 1 N–H and O–H groups in total. The highest BCUT2D eigenvalue weighted by Gasteiger charge is 2.11. The Kier molecular flexibility index (Phi) is 2.53. The van der Waals surface area contributed by atoms with E-state index in [0.29, 0.717) is 18.0 Å². The van der Waals surface area contributed by atoms with E-state index in [1.165, 1.54) is 11.0 Å². The number of nitrogens with zero attached hydrogens (tertiary/aromatic N) is 3. The summed E-state index contributed by atoms with van der Waals surface area (Å²) in [7, 11) is 0. The predicted molar refractivity (Wildman–Crippen MR) is 54.2 cm³/mol. The fraction of sp³-hybridized carbons (Fsp3) is 0.200. The molecule has 0 aliphatic rings. The second-order valence-corrected chi connectivity index (χ2v) is 2.90. The van der Waals surface area contributed by atoms with Gasteiger partial charge in [-0.15, -0.1) is 9.94 Å². The van der Waals surface area contributed by atoms with Gasteiger partial charge in [0.05, 0.1) is 5.69 Å². The molecule has 0 aliphatic carbocycles. The number of hydrogen-bond donors (Lipinski definition) is 1. The summed E-state index contributed by atoms with van der Waals surface area (Å²) in [6.07, 6.45) is 3.06. The lowest BCUT2D eigenvalue weighted by atomic mass is 10.2. The van der Waals surface area contributed by atoms with Crippen molar-refractivity contribution in [2.45, 2.75) is 6.92 Å². The van der Waals surface area contributed by atoms with Gasteiger partial charge in [0.25, 0.3) is 0 Å². The van der Waals surface area contributed by atoms with E-state index in [9.17, 15) is 5.11 Å². The standard InChI is InChI=1S/C10H11N3O2/c1-2-15-13-7-9(14)10(12-13)8-5-3-4-6-11-8/h3-7,14H,2H2,1H3. The van der Waals surface area contributed by atoms with Crippen LogP contribution >= 0.6 is 0 Å². The van der Waals surface area contributed by atoms with Crippen molar-refractivity contribution in [1.82, 2.24) is 14.9 Å². The SMILES string of the molecule is CCOn1cc(O)c(-c2ccccn2)n1. The van der Waals surface area contributed by atoms with Crippen LogP contribution in [0.1, 0.15) is 6.92 Å². The van der Waals surface area contributed by atoms with E-state index in [-0.39, 0.29) is 5.75 Å². The number of pyridine rings is 1. The van der Waals surface area contributed by atoms with Gasteiger partial charge in [-0.2, -0.15) is 0 Å². The average molecular weight is 205 g/mol. The number of hydrogen-bond acceptors (Lipinski definition) is 4. The lowest BCUT2D eigenvalue weighted by Crippen LogP contribution is -2.10. The maximum Gasteiger partial charge on any atom is 0.167 e. The third-order valence-electron chi connectivity index (χ3n) is 1.84. The van der Waals surface area contributed by atoms with Crippen LogP contribution in [0, 0.1) is 0 Å². The van der Waals surface area contributed by atoms with Gasteiger partial charge in [0.15, 0.2) is 11.4 Å². The van der Waals surface area contributed by atoms with Crippen LogP contribution < -0.4 is 4.84 Å². The second-order valence-electron chi connectivity index (χ2n) is 2.90. The van der Waals surface area contributed by atoms with Gasteiger partial charge in [-0.3, -0.25) is 4.98 Å². The summed E-state index contributed by atoms with van der Waals surface area (Å²) in [6.45, 7) is 2.34. The summed E-state index contributed by atoms with van der Waals surface area (Å²) in [6, 6.07) is 5.42. The highest BCUT2D eigenvalue weighted by atomic mass is 16.7. The largest absolute Gasteiger partial charge is 0.504 e. The summed E-state index contributed by atoms with van der Waals surface area (Å²) < 4.78 is 0. The van der Waals surface area contributed by atoms with Gasteiger partial charge < -0.3 is 9.94 Å². The molecule has 2 aromatic heterocycles. The van der Waals surface area contributed by atoms with E-state index < -0.39 is 0 Å². The van der Waals surface area contributed by atoms with Crippen molar-refractivity contribution in [1.29, 1.82) is 0 Å². The molecule has 0 spiro atoms. The maximum absolute atomic E-state index is 9.61. The van der Waals surface area contributed by atoms with Crippen LogP contribution in [-0.4, -0.2) is 26.6 Å². The molecule has 5 heteroatoms. The normalized spacial score (nSPS) is 10.2. The first-order valence-electron chi connectivity index (χ1n) is 4.64. The molecule has 0 saturated heterocycles. The summed E-state index contributed by atoms with van der Waals surface area (Å²) in [5, 5.41) is 13.7. The van der Waals surface area contributed by atoms with Crippen molar-refractivity contribution in [3.63, 3.8) is 0 Å². The molecule has 2 rings (SSSR count). The van der Waals surface area contributed by atoms with Gasteiger partial charge in [-0.1, -0.05) is 6.07 Å². The van der Waals surface area contributed by atoms with Gasteiger partial charge in [0.1, 0.15) is 12.8 Å².